The van der Waals surface area contributed by atoms with Crippen molar-refractivity contribution < 1.29 is 14.4 Å². The second kappa shape index (κ2) is 7.43. The van der Waals surface area contributed by atoms with Crippen LogP contribution >= 0.6 is 0 Å². The maximum absolute atomic E-state index is 10.8. The molecule has 1 aliphatic rings. The average molecular weight is 356 g/mol. The van der Waals surface area contributed by atoms with Gasteiger partial charge in [0, 0.05) is 0 Å². The lowest BCUT2D eigenvalue weighted by Gasteiger charge is -2.17. The predicted octanol–water partition coefficient (Wildman–Crippen LogP) is 4.71. The van der Waals surface area contributed by atoms with Crippen LogP contribution in [0.4, 0.5) is 0 Å². The summed E-state index contributed by atoms with van der Waals surface area (Å²) in [5, 5.41) is 10.8. The third-order valence-corrected chi connectivity index (χ3v) is 4.93. The van der Waals surface area contributed by atoms with E-state index in [-0.39, 0.29) is 6.10 Å². The number of methoxy groups -OCH3 is 1. The fourth-order valence-corrected chi connectivity index (χ4v) is 3.52. The molecule has 0 saturated heterocycles. The van der Waals surface area contributed by atoms with E-state index in [2.05, 4.69) is 31.2 Å². The summed E-state index contributed by atoms with van der Waals surface area (Å²) in [6, 6.07) is 26.1. The van der Waals surface area contributed by atoms with Crippen molar-refractivity contribution in [3.05, 3.63) is 101 Å². The van der Waals surface area contributed by atoms with Gasteiger partial charge in [-0.05, 0) is 46.8 Å². The van der Waals surface area contributed by atoms with Crippen LogP contribution in [0.5, 0.6) is 5.75 Å². The second-order valence-electron chi connectivity index (χ2n) is 6.70. The number of benzene rings is 3. The van der Waals surface area contributed by atoms with E-state index in [0.29, 0.717) is 0 Å². The first-order valence-corrected chi connectivity index (χ1v) is 9.01. The largest absolute Gasteiger partial charge is 0.497 e. The first-order chi connectivity index (χ1) is 13.2. The molecule has 0 spiro atoms. The van der Waals surface area contributed by atoms with Crippen LogP contribution in [-0.4, -0.2) is 19.3 Å². The smallest absolute Gasteiger partial charge is 0.492 e. The molecule has 0 fully saturated rings. The van der Waals surface area contributed by atoms with E-state index in [0.717, 1.165) is 33.5 Å². The number of hydrogen-bond donors (Lipinski definition) is 1. The Bertz CT molecular complexity index is 947. The summed E-state index contributed by atoms with van der Waals surface area (Å²) in [6.07, 6.45) is -0.344. The lowest BCUT2D eigenvalue weighted by molar-refractivity contribution is 0.236. The van der Waals surface area contributed by atoms with E-state index >= 15 is 0 Å². The van der Waals surface area contributed by atoms with Crippen molar-refractivity contribution in [2.24, 2.45) is 0 Å². The minimum atomic E-state index is -0.976. The van der Waals surface area contributed by atoms with Crippen LogP contribution in [0.15, 0.2) is 78.9 Å². The Morgan fingerprint density at radius 1 is 0.852 bits per heavy atom. The summed E-state index contributed by atoms with van der Waals surface area (Å²) in [5.41, 5.74) is 6.02. The molecule has 0 radical (unpaired) electrons. The van der Waals surface area contributed by atoms with Gasteiger partial charge in [0.1, 0.15) is 5.75 Å². The highest BCUT2D eigenvalue weighted by atomic mass is 16.5. The van der Waals surface area contributed by atoms with Gasteiger partial charge in [0.15, 0.2) is 0 Å². The van der Waals surface area contributed by atoms with Crippen molar-refractivity contribution in [3.63, 3.8) is 0 Å². The molecule has 0 bridgehead atoms. The highest BCUT2D eigenvalue weighted by Gasteiger charge is 2.39. The van der Waals surface area contributed by atoms with Crippen molar-refractivity contribution in [1.29, 1.82) is 0 Å². The van der Waals surface area contributed by atoms with Crippen LogP contribution in [0.2, 0.25) is 0 Å². The van der Waals surface area contributed by atoms with Crippen LogP contribution in [0.3, 0.4) is 0 Å². The third-order valence-electron chi connectivity index (χ3n) is 4.93. The van der Waals surface area contributed by atoms with E-state index in [1.54, 1.807) is 7.11 Å². The Morgan fingerprint density at radius 2 is 1.52 bits per heavy atom. The molecule has 1 aliphatic heterocycles. The van der Waals surface area contributed by atoms with Gasteiger partial charge in [0.2, 0.25) is 0 Å². The second-order valence-corrected chi connectivity index (χ2v) is 6.70. The van der Waals surface area contributed by atoms with Crippen molar-refractivity contribution in [2.75, 3.05) is 7.11 Å². The zero-order valence-electron chi connectivity index (χ0n) is 15.4. The molecule has 0 amide bonds. The van der Waals surface area contributed by atoms with Crippen LogP contribution in [0, 0.1) is 6.92 Å². The summed E-state index contributed by atoms with van der Waals surface area (Å²) >= 11 is 0. The molecule has 27 heavy (non-hydrogen) atoms. The molecule has 0 aromatic heterocycles. The first kappa shape index (κ1) is 17.6. The van der Waals surface area contributed by atoms with Gasteiger partial charge in [-0.1, -0.05) is 72.3 Å². The number of ether oxygens (including phenoxy) is 1. The van der Waals surface area contributed by atoms with Crippen molar-refractivity contribution in [1.82, 2.24) is 0 Å². The first-order valence-electron chi connectivity index (χ1n) is 9.01. The van der Waals surface area contributed by atoms with Crippen LogP contribution in [0.1, 0.15) is 28.4 Å². The van der Waals surface area contributed by atoms with Gasteiger partial charge in [-0.15, -0.1) is 0 Å². The average Bonchev–Trinajstić information content (AvgIpc) is 3.06. The Labute approximate surface area is 160 Å². The van der Waals surface area contributed by atoms with Crippen molar-refractivity contribution in [2.45, 2.75) is 13.0 Å². The maximum Gasteiger partial charge on any atom is 0.492 e. The molecule has 0 aliphatic carbocycles. The van der Waals surface area contributed by atoms with E-state index in [1.165, 1.54) is 5.56 Å². The molecule has 3 nitrogen and oxygen atoms in total. The monoisotopic (exact) mass is 356 g/mol. The number of rotatable bonds is 4. The fourth-order valence-electron chi connectivity index (χ4n) is 3.52. The molecule has 1 N–H and O–H groups in total. The number of aryl methyl sites for hydroxylation is 1. The Kier molecular flexibility index (Phi) is 4.84. The van der Waals surface area contributed by atoms with E-state index < -0.39 is 7.12 Å². The minimum absolute atomic E-state index is 0.344. The lowest BCUT2D eigenvalue weighted by atomic mass is 9.72. The highest BCUT2D eigenvalue weighted by molar-refractivity contribution is 6.71. The molecular formula is C23H21BO3. The van der Waals surface area contributed by atoms with Gasteiger partial charge in [-0.25, -0.2) is 0 Å². The SMILES string of the molecule is COc1ccc(C2OB(O)C(c3ccccc3)=C2c2ccc(C)cc2)cc1. The van der Waals surface area contributed by atoms with Crippen molar-refractivity contribution in [3.8, 4) is 5.75 Å². The zero-order chi connectivity index (χ0) is 18.8. The number of hydrogen-bond acceptors (Lipinski definition) is 3. The topological polar surface area (TPSA) is 38.7 Å². The summed E-state index contributed by atoms with van der Waals surface area (Å²) in [5.74, 6) is 0.793. The quantitative estimate of drug-likeness (QED) is 0.689. The van der Waals surface area contributed by atoms with Crippen LogP contribution in [-0.2, 0) is 4.65 Å². The van der Waals surface area contributed by atoms with Gasteiger partial charge >= 0.3 is 7.12 Å². The van der Waals surface area contributed by atoms with E-state index in [4.69, 9.17) is 9.39 Å². The summed E-state index contributed by atoms with van der Waals surface area (Å²) in [4.78, 5) is 0. The molecule has 4 heteroatoms. The molecule has 1 heterocycles. The molecule has 134 valence electrons. The predicted molar refractivity (Wildman–Crippen MR) is 109 cm³/mol. The molecule has 3 aromatic carbocycles. The zero-order valence-corrected chi connectivity index (χ0v) is 15.4. The molecule has 0 saturated carbocycles. The third kappa shape index (κ3) is 3.42. The van der Waals surface area contributed by atoms with Crippen LogP contribution < -0.4 is 4.74 Å². The minimum Gasteiger partial charge on any atom is -0.497 e. The molecular weight excluding hydrogens is 335 g/mol. The van der Waals surface area contributed by atoms with Gasteiger partial charge in [0.25, 0.3) is 0 Å². The molecule has 4 rings (SSSR count). The standard InChI is InChI=1S/C23H21BO3/c1-16-8-10-17(11-9-16)21-22(18-6-4-3-5-7-18)24(25)27-23(21)19-12-14-20(26-2)15-13-19/h3-15,23,25H,1-2H3. The summed E-state index contributed by atoms with van der Waals surface area (Å²) in [7, 11) is 0.673. The Balaban J connectivity index is 1.88. The fraction of sp³-hybridized carbons (Fsp3) is 0.130. The van der Waals surface area contributed by atoms with Gasteiger partial charge in [0.05, 0.1) is 13.2 Å². The Hall–Kier alpha value is -2.82. The van der Waals surface area contributed by atoms with Gasteiger partial charge in [-0.3, -0.25) is 0 Å². The highest BCUT2D eigenvalue weighted by Crippen LogP contribution is 2.46. The summed E-state index contributed by atoms with van der Waals surface area (Å²) < 4.78 is 11.3. The van der Waals surface area contributed by atoms with E-state index in [1.807, 2.05) is 54.6 Å². The van der Waals surface area contributed by atoms with Gasteiger partial charge in [-0.2, -0.15) is 0 Å². The molecule has 3 aromatic rings. The van der Waals surface area contributed by atoms with Crippen LogP contribution in [0.25, 0.3) is 11.0 Å². The van der Waals surface area contributed by atoms with Crippen molar-refractivity contribution >= 4 is 18.2 Å². The maximum atomic E-state index is 10.8. The summed E-state index contributed by atoms with van der Waals surface area (Å²) in [6.45, 7) is 2.07. The molecule has 1 atom stereocenters. The normalized spacial score (nSPS) is 16.7. The Morgan fingerprint density at radius 3 is 2.15 bits per heavy atom. The van der Waals surface area contributed by atoms with Gasteiger partial charge < -0.3 is 14.4 Å². The molecule has 1 unspecified atom stereocenters. The lowest BCUT2D eigenvalue weighted by Crippen LogP contribution is -2.15. The van der Waals surface area contributed by atoms with E-state index in [9.17, 15) is 5.02 Å².